The molecule has 1 atom stereocenters. The fourth-order valence-corrected chi connectivity index (χ4v) is 1.80. The SMILES string of the molecule is Oc1ccc(-c2[nH]ncc2C(Cl)OC(F)F)c(F)c1. The number of hydrogen-bond donors (Lipinski definition) is 2. The van der Waals surface area contributed by atoms with Crippen LogP contribution < -0.4 is 0 Å². The minimum atomic E-state index is -3.06. The molecule has 0 aliphatic carbocycles. The first-order chi connectivity index (χ1) is 8.99. The Balaban J connectivity index is 2.38. The third kappa shape index (κ3) is 2.99. The van der Waals surface area contributed by atoms with Crippen LogP contribution in [0.3, 0.4) is 0 Å². The number of hydrogen-bond acceptors (Lipinski definition) is 3. The molecule has 8 heteroatoms. The van der Waals surface area contributed by atoms with Crippen molar-refractivity contribution in [3.8, 4) is 17.0 Å². The molecule has 1 unspecified atom stereocenters. The molecule has 0 saturated carbocycles. The molecule has 0 amide bonds. The van der Waals surface area contributed by atoms with E-state index in [9.17, 15) is 13.2 Å². The van der Waals surface area contributed by atoms with E-state index in [-0.39, 0.29) is 22.6 Å². The Morgan fingerprint density at radius 3 is 2.74 bits per heavy atom. The smallest absolute Gasteiger partial charge is 0.346 e. The number of nitrogens with zero attached hydrogens (tertiary/aromatic N) is 1. The molecule has 2 aromatic rings. The molecular formula is C11H8ClF3N2O2. The molecule has 4 nitrogen and oxygen atoms in total. The zero-order valence-corrected chi connectivity index (χ0v) is 10.0. The lowest BCUT2D eigenvalue weighted by Crippen LogP contribution is -2.03. The molecule has 0 spiro atoms. The van der Waals surface area contributed by atoms with Gasteiger partial charge in [-0.2, -0.15) is 13.9 Å². The molecule has 19 heavy (non-hydrogen) atoms. The van der Waals surface area contributed by atoms with Crippen molar-refractivity contribution in [3.63, 3.8) is 0 Å². The van der Waals surface area contributed by atoms with Gasteiger partial charge in [0.25, 0.3) is 0 Å². The maximum atomic E-state index is 13.7. The Kier molecular flexibility index (Phi) is 3.96. The summed E-state index contributed by atoms with van der Waals surface area (Å²) in [6.07, 6.45) is 1.17. The number of halogens is 4. The molecule has 1 aromatic heterocycles. The van der Waals surface area contributed by atoms with Crippen LogP contribution in [-0.4, -0.2) is 21.9 Å². The maximum absolute atomic E-state index is 13.7. The van der Waals surface area contributed by atoms with E-state index in [4.69, 9.17) is 16.7 Å². The standard InChI is InChI=1S/C11H8ClF3N2O2/c12-10(19-11(14)15)7-4-16-17-9(7)6-2-1-5(18)3-8(6)13/h1-4,10-11,18H,(H,16,17). The summed E-state index contributed by atoms with van der Waals surface area (Å²) < 4.78 is 42.0. The normalized spacial score (nSPS) is 12.9. The van der Waals surface area contributed by atoms with Gasteiger partial charge in [0.1, 0.15) is 11.6 Å². The molecular weight excluding hydrogens is 285 g/mol. The van der Waals surface area contributed by atoms with Crippen molar-refractivity contribution >= 4 is 11.6 Å². The van der Waals surface area contributed by atoms with E-state index < -0.39 is 18.0 Å². The highest BCUT2D eigenvalue weighted by molar-refractivity contribution is 6.20. The van der Waals surface area contributed by atoms with E-state index in [1.54, 1.807) is 0 Å². The number of aromatic nitrogens is 2. The fourth-order valence-electron chi connectivity index (χ4n) is 1.55. The van der Waals surface area contributed by atoms with Crippen LogP contribution >= 0.6 is 11.6 Å². The molecule has 1 aromatic carbocycles. The van der Waals surface area contributed by atoms with Gasteiger partial charge in [0.15, 0.2) is 5.56 Å². The lowest BCUT2D eigenvalue weighted by molar-refractivity contribution is -0.142. The summed E-state index contributed by atoms with van der Waals surface area (Å²) in [6.45, 7) is -3.06. The highest BCUT2D eigenvalue weighted by atomic mass is 35.5. The molecule has 0 aliphatic heterocycles. The van der Waals surface area contributed by atoms with Gasteiger partial charge in [0, 0.05) is 17.2 Å². The summed E-state index contributed by atoms with van der Waals surface area (Å²) in [6, 6.07) is 3.41. The second-order valence-electron chi connectivity index (χ2n) is 3.58. The molecule has 0 radical (unpaired) electrons. The minimum absolute atomic E-state index is 0.0359. The largest absolute Gasteiger partial charge is 0.508 e. The number of phenolic OH excluding ortho intramolecular Hbond substituents is 1. The Labute approximate surface area is 110 Å². The Bertz CT molecular complexity index is 577. The highest BCUT2D eigenvalue weighted by Crippen LogP contribution is 2.33. The first kappa shape index (κ1) is 13.7. The van der Waals surface area contributed by atoms with Crippen LogP contribution in [0.1, 0.15) is 11.1 Å². The van der Waals surface area contributed by atoms with E-state index in [2.05, 4.69) is 14.9 Å². The van der Waals surface area contributed by atoms with Crippen molar-refractivity contribution in [3.05, 3.63) is 35.8 Å². The number of phenols is 1. The number of benzene rings is 1. The summed E-state index contributed by atoms with van der Waals surface area (Å²) in [5, 5.41) is 15.2. The van der Waals surface area contributed by atoms with Gasteiger partial charge in [-0.05, 0) is 12.1 Å². The summed E-state index contributed by atoms with van der Waals surface area (Å²) in [5.41, 5.74) is -1.25. The molecule has 0 fully saturated rings. The van der Waals surface area contributed by atoms with Gasteiger partial charge >= 0.3 is 6.61 Å². The van der Waals surface area contributed by atoms with Crippen molar-refractivity contribution in [2.45, 2.75) is 12.2 Å². The molecule has 0 saturated heterocycles. The monoisotopic (exact) mass is 292 g/mol. The van der Waals surface area contributed by atoms with E-state index >= 15 is 0 Å². The molecule has 0 bridgehead atoms. The van der Waals surface area contributed by atoms with Crippen molar-refractivity contribution < 1.29 is 23.0 Å². The van der Waals surface area contributed by atoms with Gasteiger partial charge in [-0.15, -0.1) is 0 Å². The topological polar surface area (TPSA) is 58.1 Å². The highest BCUT2D eigenvalue weighted by Gasteiger charge is 2.21. The average molecular weight is 293 g/mol. The van der Waals surface area contributed by atoms with Crippen molar-refractivity contribution in [1.29, 1.82) is 0 Å². The van der Waals surface area contributed by atoms with Gasteiger partial charge in [-0.1, -0.05) is 11.6 Å². The predicted octanol–water partition coefficient (Wildman–Crippen LogP) is 3.40. The molecule has 1 heterocycles. The van der Waals surface area contributed by atoms with Crippen molar-refractivity contribution in [1.82, 2.24) is 10.2 Å². The van der Waals surface area contributed by atoms with E-state index in [1.165, 1.54) is 18.3 Å². The number of ether oxygens (including phenoxy) is 1. The van der Waals surface area contributed by atoms with Crippen molar-refractivity contribution in [2.24, 2.45) is 0 Å². The van der Waals surface area contributed by atoms with Gasteiger partial charge in [0.2, 0.25) is 0 Å². The van der Waals surface area contributed by atoms with E-state index in [0.29, 0.717) is 0 Å². The zero-order chi connectivity index (χ0) is 14.0. The van der Waals surface area contributed by atoms with E-state index in [0.717, 1.165) is 6.07 Å². The third-order valence-corrected chi connectivity index (χ3v) is 2.70. The number of aromatic hydroxyl groups is 1. The van der Waals surface area contributed by atoms with Gasteiger partial charge in [-0.25, -0.2) is 4.39 Å². The van der Waals surface area contributed by atoms with Crippen LogP contribution in [0.25, 0.3) is 11.3 Å². The molecule has 102 valence electrons. The number of alkyl halides is 3. The Morgan fingerprint density at radius 1 is 1.37 bits per heavy atom. The quantitative estimate of drug-likeness (QED) is 0.849. The molecule has 2 N–H and O–H groups in total. The van der Waals surface area contributed by atoms with Crippen LogP contribution in [0.5, 0.6) is 5.75 Å². The maximum Gasteiger partial charge on any atom is 0.346 e. The lowest BCUT2D eigenvalue weighted by atomic mass is 10.1. The number of aromatic amines is 1. The zero-order valence-electron chi connectivity index (χ0n) is 9.28. The van der Waals surface area contributed by atoms with Gasteiger partial charge in [-0.3, -0.25) is 9.84 Å². The fraction of sp³-hybridized carbons (Fsp3) is 0.182. The third-order valence-electron chi connectivity index (χ3n) is 2.36. The van der Waals surface area contributed by atoms with Crippen LogP contribution in [0, 0.1) is 5.82 Å². The summed E-state index contributed by atoms with van der Waals surface area (Å²) >= 11 is 5.65. The number of rotatable bonds is 4. The molecule has 0 aliphatic rings. The predicted molar refractivity (Wildman–Crippen MR) is 61.3 cm³/mol. The second-order valence-corrected chi connectivity index (χ2v) is 3.97. The van der Waals surface area contributed by atoms with Crippen LogP contribution in [0.2, 0.25) is 0 Å². The Hall–Kier alpha value is -1.73. The Morgan fingerprint density at radius 2 is 2.11 bits per heavy atom. The van der Waals surface area contributed by atoms with E-state index in [1.807, 2.05) is 0 Å². The van der Waals surface area contributed by atoms with Gasteiger partial charge in [0.05, 0.1) is 11.9 Å². The lowest BCUT2D eigenvalue weighted by Gasteiger charge is -2.11. The second kappa shape index (κ2) is 5.50. The summed E-state index contributed by atoms with van der Waals surface area (Å²) in [7, 11) is 0. The minimum Gasteiger partial charge on any atom is -0.508 e. The van der Waals surface area contributed by atoms with Crippen LogP contribution in [0.4, 0.5) is 13.2 Å². The first-order valence-electron chi connectivity index (χ1n) is 5.09. The number of nitrogens with one attached hydrogen (secondary N) is 1. The summed E-state index contributed by atoms with van der Waals surface area (Å²) in [5.74, 6) is -1.00. The van der Waals surface area contributed by atoms with Crippen molar-refractivity contribution in [2.75, 3.05) is 0 Å². The van der Waals surface area contributed by atoms with Crippen LogP contribution in [0.15, 0.2) is 24.4 Å². The average Bonchev–Trinajstić information content (AvgIpc) is 2.76. The molecule has 2 rings (SSSR count). The van der Waals surface area contributed by atoms with Gasteiger partial charge < -0.3 is 5.11 Å². The number of H-pyrrole nitrogens is 1. The van der Waals surface area contributed by atoms with Crippen LogP contribution in [-0.2, 0) is 4.74 Å². The first-order valence-corrected chi connectivity index (χ1v) is 5.52. The summed E-state index contributed by atoms with van der Waals surface area (Å²) in [4.78, 5) is 0.